The molecule has 1 aliphatic carbocycles. The van der Waals surface area contributed by atoms with E-state index in [1.807, 2.05) is 6.08 Å². The minimum atomic E-state index is 0.437. The van der Waals surface area contributed by atoms with Crippen LogP contribution >= 0.6 is 0 Å². The maximum Gasteiger partial charge on any atom is 0.133 e. The van der Waals surface area contributed by atoms with Crippen LogP contribution in [0.2, 0.25) is 0 Å². The predicted molar refractivity (Wildman–Crippen MR) is 55.6 cm³/mol. The van der Waals surface area contributed by atoms with E-state index >= 15 is 0 Å². The van der Waals surface area contributed by atoms with Crippen molar-refractivity contribution in [3.8, 4) is 0 Å². The average molecular weight is 180 g/mol. The van der Waals surface area contributed by atoms with Crippen LogP contribution in [-0.2, 0) is 4.79 Å². The van der Waals surface area contributed by atoms with Crippen LogP contribution < -0.4 is 0 Å². The van der Waals surface area contributed by atoms with Gasteiger partial charge in [0.25, 0.3) is 0 Å². The minimum absolute atomic E-state index is 0.437. The van der Waals surface area contributed by atoms with Crippen LogP contribution in [0.5, 0.6) is 0 Å². The molecule has 0 aromatic carbocycles. The molecule has 1 rings (SSSR count). The monoisotopic (exact) mass is 180 g/mol. The van der Waals surface area contributed by atoms with Crippen LogP contribution in [-0.4, -0.2) is 5.78 Å². The van der Waals surface area contributed by atoms with E-state index in [1.165, 1.54) is 32.1 Å². The van der Waals surface area contributed by atoms with Crippen LogP contribution in [0.1, 0.15) is 51.4 Å². The Balaban J connectivity index is 2.14. The van der Waals surface area contributed by atoms with Gasteiger partial charge in [-0.15, -0.1) is 6.58 Å². The lowest BCUT2D eigenvalue weighted by atomic mass is 9.85. The zero-order valence-corrected chi connectivity index (χ0v) is 8.43. The van der Waals surface area contributed by atoms with Gasteiger partial charge in [0, 0.05) is 12.8 Å². The molecule has 1 fully saturated rings. The first kappa shape index (κ1) is 10.5. The van der Waals surface area contributed by atoms with Gasteiger partial charge in [0.05, 0.1) is 0 Å². The molecule has 1 aliphatic rings. The predicted octanol–water partition coefficient (Wildman–Crippen LogP) is 3.49. The number of hydrogen-bond acceptors (Lipinski definition) is 1. The average Bonchev–Trinajstić information content (AvgIpc) is 2.16. The smallest absolute Gasteiger partial charge is 0.133 e. The summed E-state index contributed by atoms with van der Waals surface area (Å²) in [6.45, 7) is 3.63. The molecule has 0 aromatic rings. The van der Waals surface area contributed by atoms with Crippen LogP contribution in [0.3, 0.4) is 0 Å². The number of carbonyl (C=O) groups excluding carboxylic acids is 1. The van der Waals surface area contributed by atoms with Crippen LogP contribution in [0, 0.1) is 5.92 Å². The molecule has 0 heterocycles. The van der Waals surface area contributed by atoms with Crippen molar-refractivity contribution in [2.45, 2.75) is 51.4 Å². The Bertz CT molecular complexity index is 166. The third-order valence-corrected chi connectivity index (χ3v) is 2.87. The molecule has 0 atom stereocenters. The number of ketones is 1. The summed E-state index contributed by atoms with van der Waals surface area (Å²) < 4.78 is 0. The SMILES string of the molecule is C=CCCC(=O)CC1CCCCC1. The molecule has 74 valence electrons. The number of rotatable bonds is 5. The largest absolute Gasteiger partial charge is 0.300 e. The van der Waals surface area contributed by atoms with E-state index in [9.17, 15) is 4.79 Å². The van der Waals surface area contributed by atoms with E-state index in [4.69, 9.17) is 0 Å². The number of allylic oxidation sites excluding steroid dienone is 1. The van der Waals surface area contributed by atoms with Gasteiger partial charge in [-0.05, 0) is 12.3 Å². The van der Waals surface area contributed by atoms with Crippen molar-refractivity contribution >= 4 is 5.78 Å². The normalized spacial score (nSPS) is 18.5. The Kier molecular flexibility index (Phi) is 4.81. The Hall–Kier alpha value is -0.590. The number of hydrogen-bond donors (Lipinski definition) is 0. The highest BCUT2D eigenvalue weighted by Gasteiger charge is 2.16. The summed E-state index contributed by atoms with van der Waals surface area (Å²) in [6, 6.07) is 0. The fraction of sp³-hybridized carbons (Fsp3) is 0.750. The van der Waals surface area contributed by atoms with E-state index in [2.05, 4.69) is 6.58 Å². The first-order valence-corrected chi connectivity index (χ1v) is 5.45. The quantitative estimate of drug-likeness (QED) is 0.592. The molecular formula is C12H20O. The molecule has 0 amide bonds. The van der Waals surface area contributed by atoms with Crippen molar-refractivity contribution in [2.24, 2.45) is 5.92 Å². The molecule has 0 spiro atoms. The van der Waals surface area contributed by atoms with Crippen LogP contribution in [0.25, 0.3) is 0 Å². The topological polar surface area (TPSA) is 17.1 Å². The molecule has 1 nitrogen and oxygen atoms in total. The van der Waals surface area contributed by atoms with E-state index in [-0.39, 0.29) is 0 Å². The molecule has 0 saturated heterocycles. The molecular weight excluding hydrogens is 160 g/mol. The van der Waals surface area contributed by atoms with Crippen molar-refractivity contribution < 1.29 is 4.79 Å². The Morgan fingerprint density at radius 2 is 2.00 bits per heavy atom. The first-order chi connectivity index (χ1) is 6.33. The maximum atomic E-state index is 11.4. The van der Waals surface area contributed by atoms with Gasteiger partial charge in [0.1, 0.15) is 5.78 Å². The van der Waals surface area contributed by atoms with Crippen LogP contribution in [0.15, 0.2) is 12.7 Å². The van der Waals surface area contributed by atoms with Gasteiger partial charge >= 0.3 is 0 Å². The Morgan fingerprint density at radius 3 is 2.62 bits per heavy atom. The molecule has 0 N–H and O–H groups in total. The minimum Gasteiger partial charge on any atom is -0.300 e. The van der Waals surface area contributed by atoms with Crippen molar-refractivity contribution in [1.29, 1.82) is 0 Å². The molecule has 0 bridgehead atoms. The lowest BCUT2D eigenvalue weighted by Crippen LogP contribution is -2.11. The second kappa shape index (κ2) is 5.95. The summed E-state index contributed by atoms with van der Waals surface area (Å²) in [7, 11) is 0. The first-order valence-electron chi connectivity index (χ1n) is 5.45. The number of Topliss-reactive ketones (excluding diaryl/α,β-unsaturated/α-hetero) is 1. The second-order valence-corrected chi connectivity index (χ2v) is 4.07. The Morgan fingerprint density at radius 1 is 1.31 bits per heavy atom. The summed E-state index contributed by atoms with van der Waals surface area (Å²) in [4.78, 5) is 11.4. The van der Waals surface area contributed by atoms with Gasteiger partial charge < -0.3 is 0 Å². The zero-order valence-electron chi connectivity index (χ0n) is 8.43. The molecule has 0 radical (unpaired) electrons. The second-order valence-electron chi connectivity index (χ2n) is 4.07. The summed E-state index contributed by atoms with van der Waals surface area (Å²) in [5, 5.41) is 0. The van der Waals surface area contributed by atoms with Gasteiger partial charge in [-0.2, -0.15) is 0 Å². The Labute approximate surface area is 81.2 Å². The molecule has 13 heavy (non-hydrogen) atoms. The van der Waals surface area contributed by atoms with E-state index in [0.29, 0.717) is 18.1 Å². The lowest BCUT2D eigenvalue weighted by molar-refractivity contribution is -0.120. The van der Waals surface area contributed by atoms with Crippen molar-refractivity contribution in [3.05, 3.63) is 12.7 Å². The maximum absolute atomic E-state index is 11.4. The lowest BCUT2D eigenvalue weighted by Gasteiger charge is -2.20. The summed E-state index contributed by atoms with van der Waals surface area (Å²) in [6.07, 6.45) is 10.8. The highest BCUT2D eigenvalue weighted by atomic mass is 16.1. The molecule has 1 heteroatoms. The third-order valence-electron chi connectivity index (χ3n) is 2.87. The molecule has 0 aliphatic heterocycles. The van der Waals surface area contributed by atoms with Crippen molar-refractivity contribution in [1.82, 2.24) is 0 Å². The fourth-order valence-corrected chi connectivity index (χ4v) is 2.08. The highest BCUT2D eigenvalue weighted by Crippen LogP contribution is 2.26. The van der Waals surface area contributed by atoms with Crippen molar-refractivity contribution in [2.75, 3.05) is 0 Å². The molecule has 0 aromatic heterocycles. The van der Waals surface area contributed by atoms with Gasteiger partial charge in [-0.25, -0.2) is 0 Å². The summed E-state index contributed by atoms with van der Waals surface area (Å²) in [5.74, 6) is 1.14. The third kappa shape index (κ3) is 4.25. The van der Waals surface area contributed by atoms with Gasteiger partial charge in [-0.1, -0.05) is 38.2 Å². The van der Waals surface area contributed by atoms with Gasteiger partial charge in [0.2, 0.25) is 0 Å². The van der Waals surface area contributed by atoms with Gasteiger partial charge in [-0.3, -0.25) is 4.79 Å². The van der Waals surface area contributed by atoms with E-state index in [0.717, 1.165) is 12.8 Å². The summed E-state index contributed by atoms with van der Waals surface area (Å²) in [5.41, 5.74) is 0. The molecule has 0 unspecified atom stereocenters. The van der Waals surface area contributed by atoms with E-state index < -0.39 is 0 Å². The summed E-state index contributed by atoms with van der Waals surface area (Å²) >= 11 is 0. The highest BCUT2D eigenvalue weighted by molar-refractivity contribution is 5.78. The van der Waals surface area contributed by atoms with E-state index in [1.54, 1.807) is 0 Å². The standard InChI is InChI=1S/C12H20O/c1-2-3-9-12(13)10-11-7-5-4-6-8-11/h2,11H,1,3-10H2. The van der Waals surface area contributed by atoms with Gasteiger partial charge in [0.15, 0.2) is 0 Å². The fourth-order valence-electron chi connectivity index (χ4n) is 2.08. The van der Waals surface area contributed by atoms with Crippen LogP contribution in [0.4, 0.5) is 0 Å². The van der Waals surface area contributed by atoms with Crippen molar-refractivity contribution in [3.63, 3.8) is 0 Å². The zero-order chi connectivity index (χ0) is 9.52. The molecule has 1 saturated carbocycles. The number of carbonyl (C=O) groups is 1.